The third-order valence-electron chi connectivity index (χ3n) is 2.79. The van der Waals surface area contributed by atoms with Gasteiger partial charge in [0.15, 0.2) is 0 Å². The van der Waals surface area contributed by atoms with E-state index in [0.29, 0.717) is 6.04 Å². The van der Waals surface area contributed by atoms with Crippen molar-refractivity contribution in [1.29, 1.82) is 0 Å². The van der Waals surface area contributed by atoms with Crippen molar-refractivity contribution in [2.75, 3.05) is 0 Å². The van der Waals surface area contributed by atoms with Crippen molar-refractivity contribution in [3.05, 3.63) is 35.6 Å². The lowest BCUT2D eigenvalue weighted by molar-refractivity contribution is 0.424. The lowest BCUT2D eigenvalue weighted by Gasteiger charge is -2.22. The third-order valence-corrected chi connectivity index (χ3v) is 2.79. The van der Waals surface area contributed by atoms with Gasteiger partial charge in [0.05, 0.1) is 0 Å². The van der Waals surface area contributed by atoms with E-state index in [9.17, 15) is 4.39 Å². The zero-order valence-corrected chi connectivity index (χ0v) is 9.76. The van der Waals surface area contributed by atoms with Gasteiger partial charge in [-0.05, 0) is 25.8 Å². The summed E-state index contributed by atoms with van der Waals surface area (Å²) in [6.07, 6.45) is 1.97. The molecule has 1 aromatic rings. The van der Waals surface area contributed by atoms with Crippen LogP contribution in [0.4, 0.5) is 4.39 Å². The van der Waals surface area contributed by atoms with Gasteiger partial charge in [-0.2, -0.15) is 0 Å². The maximum absolute atomic E-state index is 13.5. The fourth-order valence-electron chi connectivity index (χ4n) is 1.65. The quantitative estimate of drug-likeness (QED) is 0.780. The van der Waals surface area contributed by atoms with E-state index in [2.05, 4.69) is 26.1 Å². The molecule has 0 aromatic heterocycles. The summed E-state index contributed by atoms with van der Waals surface area (Å²) in [4.78, 5) is 0. The molecular formula is C13H20FN. The molecule has 1 rings (SSSR count). The molecule has 2 heteroatoms. The zero-order valence-electron chi connectivity index (χ0n) is 9.76. The van der Waals surface area contributed by atoms with E-state index >= 15 is 0 Å². The smallest absolute Gasteiger partial charge is 0.127 e. The highest BCUT2D eigenvalue weighted by atomic mass is 19.1. The van der Waals surface area contributed by atoms with Crippen LogP contribution < -0.4 is 5.32 Å². The highest BCUT2D eigenvalue weighted by Gasteiger charge is 2.14. The molecule has 1 N–H and O–H groups in total. The Morgan fingerprint density at radius 1 is 1.20 bits per heavy atom. The predicted molar refractivity (Wildman–Crippen MR) is 62.3 cm³/mol. The minimum Gasteiger partial charge on any atom is -0.307 e. The number of nitrogens with one attached hydrogen (secondary N) is 1. The molecule has 1 aromatic carbocycles. The molecule has 0 aliphatic heterocycles. The highest BCUT2D eigenvalue weighted by Crippen LogP contribution is 2.20. The molecule has 0 heterocycles. The molecule has 0 saturated carbocycles. The van der Waals surface area contributed by atoms with Gasteiger partial charge in [-0.1, -0.05) is 32.0 Å². The summed E-state index contributed by atoms with van der Waals surface area (Å²) in [7, 11) is 0. The summed E-state index contributed by atoms with van der Waals surface area (Å²) in [5.41, 5.74) is 0.778. The van der Waals surface area contributed by atoms with Crippen LogP contribution in [0.15, 0.2) is 24.3 Å². The number of hydrogen-bond donors (Lipinski definition) is 1. The summed E-state index contributed by atoms with van der Waals surface area (Å²) in [5, 5.41) is 3.43. The summed E-state index contributed by atoms with van der Waals surface area (Å²) in [5.74, 6) is -0.111. The molecule has 0 amide bonds. The number of benzene rings is 1. The maximum atomic E-state index is 13.5. The van der Waals surface area contributed by atoms with Crippen molar-refractivity contribution in [3.63, 3.8) is 0 Å². The second-order valence-electron chi connectivity index (χ2n) is 3.96. The lowest BCUT2D eigenvalue weighted by atomic mass is 10.0. The third kappa shape index (κ3) is 3.31. The molecular weight excluding hydrogens is 189 g/mol. The van der Waals surface area contributed by atoms with Crippen LogP contribution >= 0.6 is 0 Å². The van der Waals surface area contributed by atoms with Crippen molar-refractivity contribution < 1.29 is 4.39 Å². The lowest BCUT2D eigenvalue weighted by Crippen LogP contribution is -2.30. The van der Waals surface area contributed by atoms with Crippen molar-refractivity contribution >= 4 is 0 Å². The Hall–Kier alpha value is -0.890. The van der Waals surface area contributed by atoms with Gasteiger partial charge in [0.2, 0.25) is 0 Å². The minimum atomic E-state index is -0.111. The first-order valence-electron chi connectivity index (χ1n) is 5.69. The summed E-state index contributed by atoms with van der Waals surface area (Å²) in [6, 6.07) is 7.55. The maximum Gasteiger partial charge on any atom is 0.127 e. The second-order valence-corrected chi connectivity index (χ2v) is 3.96. The van der Waals surface area contributed by atoms with E-state index in [4.69, 9.17) is 0 Å². The van der Waals surface area contributed by atoms with Gasteiger partial charge >= 0.3 is 0 Å². The average Bonchev–Trinajstić information content (AvgIpc) is 2.26. The minimum absolute atomic E-state index is 0.111. The monoisotopic (exact) mass is 209 g/mol. The Labute approximate surface area is 91.7 Å². The molecule has 84 valence electrons. The van der Waals surface area contributed by atoms with Gasteiger partial charge in [0, 0.05) is 17.6 Å². The molecule has 2 atom stereocenters. The predicted octanol–water partition coefficient (Wildman–Crippen LogP) is 3.66. The van der Waals surface area contributed by atoms with Crippen LogP contribution in [0.1, 0.15) is 45.2 Å². The first-order chi connectivity index (χ1) is 7.19. The van der Waals surface area contributed by atoms with E-state index in [0.717, 1.165) is 18.4 Å². The SMILES string of the molecule is CCC(C)NC(CC)c1ccccc1F. The van der Waals surface area contributed by atoms with Crippen LogP contribution in [0.3, 0.4) is 0 Å². The first kappa shape index (κ1) is 12.2. The van der Waals surface area contributed by atoms with Crippen molar-refractivity contribution in [2.45, 2.75) is 45.7 Å². The van der Waals surface area contributed by atoms with Crippen molar-refractivity contribution in [3.8, 4) is 0 Å². The van der Waals surface area contributed by atoms with Gasteiger partial charge < -0.3 is 5.32 Å². The number of rotatable bonds is 5. The van der Waals surface area contributed by atoms with E-state index in [1.165, 1.54) is 6.07 Å². The molecule has 0 aliphatic rings. The van der Waals surface area contributed by atoms with Gasteiger partial charge in [0.25, 0.3) is 0 Å². The molecule has 0 saturated heterocycles. The molecule has 15 heavy (non-hydrogen) atoms. The van der Waals surface area contributed by atoms with Crippen LogP contribution in [0.25, 0.3) is 0 Å². The number of hydrogen-bond acceptors (Lipinski definition) is 1. The summed E-state index contributed by atoms with van der Waals surface area (Å²) >= 11 is 0. The Bertz CT molecular complexity index is 298. The average molecular weight is 209 g/mol. The molecule has 2 unspecified atom stereocenters. The van der Waals surface area contributed by atoms with Gasteiger partial charge in [-0.25, -0.2) is 4.39 Å². The molecule has 0 spiro atoms. The second kappa shape index (κ2) is 5.86. The van der Waals surface area contributed by atoms with Gasteiger partial charge in [-0.3, -0.25) is 0 Å². The number of halogens is 1. The zero-order chi connectivity index (χ0) is 11.3. The van der Waals surface area contributed by atoms with Crippen LogP contribution in [0, 0.1) is 5.82 Å². The molecule has 1 nitrogen and oxygen atoms in total. The first-order valence-corrected chi connectivity index (χ1v) is 5.69. The Kier molecular flexibility index (Phi) is 4.76. The van der Waals surface area contributed by atoms with E-state index in [-0.39, 0.29) is 11.9 Å². The van der Waals surface area contributed by atoms with Gasteiger partial charge in [0.1, 0.15) is 5.82 Å². The highest BCUT2D eigenvalue weighted by molar-refractivity contribution is 5.21. The largest absolute Gasteiger partial charge is 0.307 e. The molecule has 0 fully saturated rings. The topological polar surface area (TPSA) is 12.0 Å². The van der Waals surface area contributed by atoms with E-state index < -0.39 is 0 Å². The Morgan fingerprint density at radius 2 is 1.87 bits per heavy atom. The van der Waals surface area contributed by atoms with Crippen LogP contribution in [-0.2, 0) is 0 Å². The fourth-order valence-corrected chi connectivity index (χ4v) is 1.65. The fraction of sp³-hybridized carbons (Fsp3) is 0.538. The van der Waals surface area contributed by atoms with Crippen LogP contribution in [0.2, 0.25) is 0 Å². The Morgan fingerprint density at radius 3 is 2.40 bits per heavy atom. The molecule has 0 bridgehead atoms. The van der Waals surface area contributed by atoms with Crippen molar-refractivity contribution in [2.24, 2.45) is 0 Å². The van der Waals surface area contributed by atoms with E-state index in [1.54, 1.807) is 6.07 Å². The van der Waals surface area contributed by atoms with Crippen LogP contribution in [0.5, 0.6) is 0 Å². The normalized spacial score (nSPS) is 14.9. The van der Waals surface area contributed by atoms with Crippen LogP contribution in [-0.4, -0.2) is 6.04 Å². The molecule has 0 radical (unpaired) electrons. The standard InChI is InChI=1S/C13H20FN/c1-4-10(3)15-13(5-2)11-8-6-7-9-12(11)14/h6-10,13,15H,4-5H2,1-3H3. The molecule has 0 aliphatic carbocycles. The van der Waals surface area contributed by atoms with Crippen molar-refractivity contribution in [1.82, 2.24) is 5.32 Å². The summed E-state index contributed by atoms with van der Waals surface area (Å²) in [6.45, 7) is 6.34. The van der Waals surface area contributed by atoms with E-state index in [1.807, 2.05) is 12.1 Å². The Balaban J connectivity index is 2.78. The van der Waals surface area contributed by atoms with Gasteiger partial charge in [-0.15, -0.1) is 0 Å². The summed E-state index contributed by atoms with van der Waals surface area (Å²) < 4.78 is 13.5.